The van der Waals surface area contributed by atoms with Gasteiger partial charge in [-0.15, -0.1) is 0 Å². The van der Waals surface area contributed by atoms with Gasteiger partial charge in [0.25, 0.3) is 0 Å². The van der Waals surface area contributed by atoms with Crippen LogP contribution < -0.4 is 26.0 Å². The lowest BCUT2D eigenvalue weighted by Gasteiger charge is -2.31. The van der Waals surface area contributed by atoms with Crippen molar-refractivity contribution in [3.63, 3.8) is 0 Å². The minimum atomic E-state index is -0.317. The Labute approximate surface area is 352 Å². The Hall–Kier alpha value is -7.17. The van der Waals surface area contributed by atoms with Gasteiger partial charge in [-0.3, -0.25) is 0 Å². The highest BCUT2D eigenvalue weighted by atomic mass is 19.1. The largest absolute Gasteiger partial charge is 0.456 e. The Kier molecular flexibility index (Phi) is 9.41. The predicted octanol–water partition coefficient (Wildman–Crippen LogP) is 13.3. The summed E-state index contributed by atoms with van der Waals surface area (Å²) >= 11 is 0. The molecule has 1 heterocycles. The van der Waals surface area contributed by atoms with Crippen LogP contribution in [0, 0.1) is 33.5 Å². The fourth-order valence-corrected chi connectivity index (χ4v) is 9.50. The minimum Gasteiger partial charge on any atom is -0.456 e. The molecule has 0 fully saturated rings. The van der Waals surface area contributed by atoms with Crippen molar-refractivity contribution in [2.75, 3.05) is 4.90 Å². The van der Waals surface area contributed by atoms with E-state index < -0.39 is 0 Å². The van der Waals surface area contributed by atoms with Gasteiger partial charge in [-0.25, -0.2) is 4.39 Å². The minimum absolute atomic E-state index is 0.0295. The fraction of sp³-hybridized carbons (Fsp3) is 0.0714. The number of halogens is 1. The average molecular weight is 776 g/mol. The lowest BCUT2D eigenvalue weighted by molar-refractivity contribution is 0.487. The third kappa shape index (κ3) is 6.37. The van der Waals surface area contributed by atoms with Crippen LogP contribution in [0.5, 0.6) is 11.5 Å². The summed E-state index contributed by atoms with van der Waals surface area (Å²) in [5.41, 5.74) is 16.8. The van der Waals surface area contributed by atoms with Crippen molar-refractivity contribution < 1.29 is 9.13 Å². The summed E-state index contributed by atoms with van der Waals surface area (Å²) in [4.78, 5) is 2.02. The second kappa shape index (κ2) is 15.2. The molecule has 0 saturated heterocycles. The Balaban J connectivity index is 1.15. The van der Waals surface area contributed by atoms with E-state index in [0.29, 0.717) is 5.69 Å². The molecule has 0 atom stereocenters. The van der Waals surface area contributed by atoms with Crippen LogP contribution in [0.4, 0.5) is 21.5 Å². The molecule has 9 aromatic carbocycles. The van der Waals surface area contributed by atoms with Crippen LogP contribution in [0.1, 0.15) is 22.3 Å². The van der Waals surface area contributed by atoms with Crippen LogP contribution >= 0.6 is 0 Å². The van der Waals surface area contributed by atoms with Crippen LogP contribution in [0.2, 0.25) is 0 Å². The Morgan fingerprint density at radius 3 is 1.63 bits per heavy atom. The zero-order valence-corrected chi connectivity index (χ0v) is 34.2. The standard InChI is InChI=1S/C56H43BFNO/c1-36-17-14-18-37(2)54(36)57(55-38(3)19-15-20-39(55)4)49-32-31-46-45-30-29-44(35-52(45)60-51-28-16-27-47(49)53(46)51)59(43-25-12-7-13-26-43)56-48(41-23-10-6-11-24-41)33-42(34-50(56)58)40-21-8-5-9-22-40/h5-35H,1-4H3. The number of ether oxygens (including phenoxy) is 1. The topological polar surface area (TPSA) is 12.5 Å². The molecule has 1 aliphatic heterocycles. The molecule has 0 aliphatic carbocycles. The van der Waals surface area contributed by atoms with Crippen molar-refractivity contribution in [3.05, 3.63) is 216 Å². The lowest BCUT2D eigenvalue weighted by Crippen LogP contribution is -2.56. The monoisotopic (exact) mass is 775 g/mol. The summed E-state index contributed by atoms with van der Waals surface area (Å²) in [7, 11) is 0. The molecule has 0 N–H and O–H groups in total. The first-order valence-corrected chi connectivity index (χ1v) is 20.7. The van der Waals surface area contributed by atoms with Gasteiger partial charge in [-0.1, -0.05) is 178 Å². The summed E-state index contributed by atoms with van der Waals surface area (Å²) in [6.07, 6.45) is 0. The number of nitrogens with zero attached hydrogens (tertiary/aromatic N) is 1. The Morgan fingerprint density at radius 1 is 0.433 bits per heavy atom. The summed E-state index contributed by atoms with van der Waals surface area (Å²) in [5, 5.41) is 2.28. The summed E-state index contributed by atoms with van der Waals surface area (Å²) in [5.74, 6) is 1.22. The van der Waals surface area contributed by atoms with E-state index in [1.165, 1.54) is 44.0 Å². The van der Waals surface area contributed by atoms with Crippen LogP contribution in [0.15, 0.2) is 188 Å². The van der Waals surface area contributed by atoms with Gasteiger partial charge < -0.3 is 9.64 Å². The molecule has 0 unspecified atom stereocenters. The highest BCUT2D eigenvalue weighted by Gasteiger charge is 2.32. The molecule has 0 radical (unpaired) electrons. The smallest absolute Gasteiger partial charge is 0.243 e. The third-order valence-electron chi connectivity index (χ3n) is 12.2. The maximum atomic E-state index is 17.2. The van der Waals surface area contributed by atoms with E-state index in [0.717, 1.165) is 61.6 Å². The van der Waals surface area contributed by atoms with Gasteiger partial charge in [0.15, 0.2) is 0 Å². The molecule has 9 aromatic rings. The van der Waals surface area contributed by atoms with Gasteiger partial charge >= 0.3 is 0 Å². The van der Waals surface area contributed by atoms with Crippen molar-refractivity contribution >= 4 is 50.9 Å². The molecule has 0 amide bonds. The highest BCUT2D eigenvalue weighted by Crippen LogP contribution is 2.50. The number of hydrogen-bond donors (Lipinski definition) is 0. The van der Waals surface area contributed by atoms with Gasteiger partial charge in [0.05, 0.1) is 11.4 Å². The van der Waals surface area contributed by atoms with Gasteiger partial charge in [0, 0.05) is 28.3 Å². The average Bonchev–Trinajstić information content (AvgIpc) is 3.27. The normalized spacial score (nSPS) is 11.6. The number of rotatable bonds is 8. The highest BCUT2D eigenvalue weighted by molar-refractivity contribution is 6.98. The molecule has 60 heavy (non-hydrogen) atoms. The van der Waals surface area contributed by atoms with E-state index in [2.05, 4.69) is 119 Å². The number of para-hydroxylation sites is 1. The van der Waals surface area contributed by atoms with Crippen molar-refractivity contribution in [1.82, 2.24) is 0 Å². The molecular weight excluding hydrogens is 732 g/mol. The zero-order chi connectivity index (χ0) is 40.9. The molecule has 0 saturated carbocycles. The van der Waals surface area contributed by atoms with Crippen molar-refractivity contribution in [3.8, 4) is 44.9 Å². The van der Waals surface area contributed by atoms with Crippen LogP contribution in [-0.4, -0.2) is 6.71 Å². The molecule has 4 heteroatoms. The SMILES string of the molecule is Cc1cccc(C)c1B(c1c(C)cccc1C)c1ccc2c3c(cccc13)Oc1cc(N(c3ccccc3)c3c(F)cc(-c4ccccc4)cc3-c3ccccc3)ccc1-2. The van der Waals surface area contributed by atoms with E-state index >= 15 is 4.39 Å². The first-order valence-electron chi connectivity index (χ1n) is 20.7. The van der Waals surface area contributed by atoms with E-state index in [-0.39, 0.29) is 12.5 Å². The molecule has 0 bridgehead atoms. The molecule has 288 valence electrons. The zero-order valence-electron chi connectivity index (χ0n) is 34.2. The number of fused-ring (bicyclic) bond motifs is 2. The van der Waals surface area contributed by atoms with Crippen LogP contribution in [0.25, 0.3) is 44.2 Å². The fourth-order valence-electron chi connectivity index (χ4n) is 9.50. The van der Waals surface area contributed by atoms with E-state index in [1.54, 1.807) is 6.07 Å². The molecule has 10 rings (SSSR count). The summed E-state index contributed by atoms with van der Waals surface area (Å²) in [6.45, 7) is 8.96. The maximum absolute atomic E-state index is 17.2. The number of anilines is 3. The Morgan fingerprint density at radius 2 is 1.00 bits per heavy atom. The number of benzene rings is 9. The quantitative estimate of drug-likeness (QED) is 0.143. The molecular formula is C56H43BFNO. The summed E-state index contributed by atoms with van der Waals surface area (Å²) in [6, 6.07) is 64.4. The second-order valence-electron chi connectivity index (χ2n) is 16.0. The van der Waals surface area contributed by atoms with Crippen molar-refractivity contribution in [2.24, 2.45) is 0 Å². The van der Waals surface area contributed by atoms with Gasteiger partial charge in [0.2, 0.25) is 6.71 Å². The van der Waals surface area contributed by atoms with Crippen LogP contribution in [0.3, 0.4) is 0 Å². The lowest BCUT2D eigenvalue weighted by atomic mass is 9.33. The van der Waals surface area contributed by atoms with E-state index in [1.807, 2.05) is 95.9 Å². The molecule has 1 aliphatic rings. The van der Waals surface area contributed by atoms with Gasteiger partial charge in [0.1, 0.15) is 17.3 Å². The van der Waals surface area contributed by atoms with Crippen molar-refractivity contribution in [2.45, 2.75) is 27.7 Å². The Bertz CT molecular complexity index is 2980. The first kappa shape index (κ1) is 37.1. The van der Waals surface area contributed by atoms with Gasteiger partial charge in [-0.05, 0) is 97.8 Å². The van der Waals surface area contributed by atoms with Gasteiger partial charge in [-0.2, -0.15) is 0 Å². The first-order chi connectivity index (χ1) is 29.4. The predicted molar refractivity (Wildman–Crippen MR) is 251 cm³/mol. The maximum Gasteiger partial charge on any atom is 0.243 e. The van der Waals surface area contributed by atoms with Crippen LogP contribution in [-0.2, 0) is 0 Å². The number of aryl methyl sites for hydroxylation is 4. The summed E-state index contributed by atoms with van der Waals surface area (Å²) < 4.78 is 24.1. The van der Waals surface area contributed by atoms with E-state index in [9.17, 15) is 0 Å². The second-order valence-corrected chi connectivity index (χ2v) is 16.0. The number of hydrogen-bond acceptors (Lipinski definition) is 2. The van der Waals surface area contributed by atoms with Crippen molar-refractivity contribution in [1.29, 1.82) is 0 Å². The molecule has 0 spiro atoms. The van der Waals surface area contributed by atoms with E-state index in [4.69, 9.17) is 4.74 Å². The molecule has 2 nitrogen and oxygen atoms in total. The third-order valence-corrected chi connectivity index (χ3v) is 12.2. The molecule has 0 aromatic heterocycles.